The van der Waals surface area contributed by atoms with Crippen molar-refractivity contribution >= 4 is 17.3 Å². The van der Waals surface area contributed by atoms with Crippen molar-refractivity contribution in [3.63, 3.8) is 0 Å². The first-order chi connectivity index (χ1) is 9.45. The lowest BCUT2D eigenvalue weighted by atomic mass is 10.2. The molecule has 104 valence electrons. The maximum Gasteiger partial charge on any atom is 0.328 e. The second-order valence-electron chi connectivity index (χ2n) is 4.02. The van der Waals surface area contributed by atoms with Crippen molar-refractivity contribution in [2.75, 3.05) is 11.1 Å². The van der Waals surface area contributed by atoms with Crippen molar-refractivity contribution < 1.29 is 9.18 Å². The van der Waals surface area contributed by atoms with Crippen LogP contribution < -0.4 is 22.3 Å². The molecule has 0 aliphatic heterocycles. The lowest BCUT2D eigenvalue weighted by molar-refractivity contribution is -0.116. The van der Waals surface area contributed by atoms with Crippen LogP contribution in [0.15, 0.2) is 40.1 Å². The molecule has 1 aromatic heterocycles. The minimum absolute atomic E-state index is 0.0935. The third-order valence-corrected chi connectivity index (χ3v) is 2.49. The van der Waals surface area contributed by atoms with Crippen LogP contribution in [0.5, 0.6) is 0 Å². The molecule has 0 aliphatic rings. The molecule has 0 atom stereocenters. The lowest BCUT2D eigenvalue weighted by Gasteiger charge is -2.07. The van der Waals surface area contributed by atoms with E-state index in [9.17, 15) is 18.8 Å². The molecular formula is C12H11FN4O3. The summed E-state index contributed by atoms with van der Waals surface area (Å²) in [6, 6.07) is 4.86. The van der Waals surface area contributed by atoms with Crippen molar-refractivity contribution in [2.24, 2.45) is 0 Å². The van der Waals surface area contributed by atoms with Crippen molar-refractivity contribution in [1.29, 1.82) is 0 Å². The Morgan fingerprint density at radius 1 is 1.35 bits per heavy atom. The second-order valence-corrected chi connectivity index (χ2v) is 4.02. The maximum absolute atomic E-state index is 13.0. The van der Waals surface area contributed by atoms with Gasteiger partial charge in [0.15, 0.2) is 0 Å². The molecule has 0 unspecified atom stereocenters. The highest BCUT2D eigenvalue weighted by Gasteiger charge is 2.07. The van der Waals surface area contributed by atoms with E-state index in [-0.39, 0.29) is 12.2 Å². The van der Waals surface area contributed by atoms with E-state index in [0.717, 1.165) is 16.7 Å². The topological polar surface area (TPSA) is 110 Å². The molecule has 1 amide bonds. The molecule has 0 aliphatic carbocycles. The van der Waals surface area contributed by atoms with Gasteiger partial charge in [0.1, 0.15) is 12.4 Å². The van der Waals surface area contributed by atoms with Gasteiger partial charge in [0.25, 0.3) is 5.56 Å². The van der Waals surface area contributed by atoms with Crippen LogP contribution in [0.3, 0.4) is 0 Å². The fourth-order valence-electron chi connectivity index (χ4n) is 1.55. The Balaban J connectivity index is 2.10. The van der Waals surface area contributed by atoms with Gasteiger partial charge >= 0.3 is 5.69 Å². The van der Waals surface area contributed by atoms with Crippen LogP contribution in [0, 0.1) is 5.82 Å². The molecule has 1 heterocycles. The minimum atomic E-state index is -0.689. The number of hydrogen-bond acceptors (Lipinski definition) is 4. The predicted molar refractivity (Wildman–Crippen MR) is 70.8 cm³/mol. The molecule has 2 rings (SSSR count). The molecule has 0 spiro atoms. The monoisotopic (exact) mass is 278 g/mol. The van der Waals surface area contributed by atoms with Crippen LogP contribution in [0.4, 0.5) is 15.8 Å². The van der Waals surface area contributed by atoms with E-state index >= 15 is 0 Å². The fraction of sp³-hybridized carbons (Fsp3) is 0.0833. The number of carbonyl (C=O) groups is 1. The second kappa shape index (κ2) is 5.39. The van der Waals surface area contributed by atoms with E-state index in [1.54, 1.807) is 0 Å². The molecular weight excluding hydrogens is 267 g/mol. The zero-order chi connectivity index (χ0) is 14.7. The quantitative estimate of drug-likeness (QED) is 0.681. The van der Waals surface area contributed by atoms with Crippen molar-refractivity contribution in [3.8, 4) is 0 Å². The molecule has 4 N–H and O–H groups in total. The molecule has 0 saturated carbocycles. The van der Waals surface area contributed by atoms with Crippen molar-refractivity contribution in [3.05, 3.63) is 57.1 Å². The first kappa shape index (κ1) is 13.5. The highest BCUT2D eigenvalue weighted by atomic mass is 19.1. The zero-order valence-electron chi connectivity index (χ0n) is 10.2. The van der Waals surface area contributed by atoms with Gasteiger partial charge in [0, 0.05) is 18.0 Å². The molecule has 8 heteroatoms. The van der Waals surface area contributed by atoms with Crippen LogP contribution in [0.1, 0.15) is 0 Å². The zero-order valence-corrected chi connectivity index (χ0v) is 10.2. The minimum Gasteiger partial charge on any atom is -0.396 e. The average molecular weight is 278 g/mol. The summed E-state index contributed by atoms with van der Waals surface area (Å²) in [5.74, 6) is -1.09. The number of amides is 1. The number of carbonyl (C=O) groups excluding carboxylic acids is 1. The van der Waals surface area contributed by atoms with Gasteiger partial charge in [-0.2, -0.15) is 0 Å². The number of hydrogen-bond donors (Lipinski definition) is 3. The van der Waals surface area contributed by atoms with Gasteiger partial charge in [-0.05, 0) is 18.2 Å². The number of anilines is 2. The van der Waals surface area contributed by atoms with E-state index in [1.807, 2.05) is 4.98 Å². The number of benzene rings is 1. The predicted octanol–water partition coefficient (Wildman–Crippen LogP) is -0.103. The first-order valence-corrected chi connectivity index (χ1v) is 5.60. The van der Waals surface area contributed by atoms with Crippen LogP contribution in [0.2, 0.25) is 0 Å². The molecule has 0 radical (unpaired) electrons. The van der Waals surface area contributed by atoms with Gasteiger partial charge in [-0.1, -0.05) is 0 Å². The smallest absolute Gasteiger partial charge is 0.328 e. The normalized spacial score (nSPS) is 10.2. The Labute approximate surface area is 111 Å². The van der Waals surface area contributed by atoms with E-state index in [4.69, 9.17) is 5.73 Å². The number of nitrogen functional groups attached to an aromatic ring is 1. The molecule has 20 heavy (non-hydrogen) atoms. The maximum atomic E-state index is 13.0. The summed E-state index contributed by atoms with van der Waals surface area (Å²) in [6.07, 6.45) is 1.21. The summed E-state index contributed by atoms with van der Waals surface area (Å²) in [6.45, 7) is -0.285. The Hall–Kier alpha value is -2.90. The van der Waals surface area contributed by atoms with Crippen LogP contribution in [-0.2, 0) is 11.3 Å². The Morgan fingerprint density at radius 2 is 2.10 bits per heavy atom. The number of aromatic nitrogens is 2. The summed E-state index contributed by atoms with van der Waals surface area (Å²) in [5.41, 5.74) is 4.35. The van der Waals surface area contributed by atoms with Gasteiger partial charge in [0.2, 0.25) is 5.91 Å². The SMILES string of the molecule is Nc1cc(NC(=O)Cn2ccc(=O)[nH]c2=O)ccc1F. The molecule has 1 aromatic carbocycles. The van der Waals surface area contributed by atoms with Gasteiger partial charge in [-0.15, -0.1) is 0 Å². The standard InChI is InChI=1S/C12H11FN4O3/c13-8-2-1-7(5-9(8)14)15-11(19)6-17-4-3-10(18)16-12(17)20/h1-5H,6,14H2,(H,15,19)(H,16,18,20). The molecule has 0 saturated heterocycles. The summed E-state index contributed by atoms with van der Waals surface area (Å²) < 4.78 is 14.0. The number of H-pyrrole nitrogens is 1. The van der Waals surface area contributed by atoms with Gasteiger partial charge in [0.05, 0.1) is 5.69 Å². The highest BCUT2D eigenvalue weighted by Crippen LogP contribution is 2.16. The first-order valence-electron chi connectivity index (χ1n) is 5.60. The molecule has 0 fully saturated rings. The largest absolute Gasteiger partial charge is 0.396 e. The molecule has 2 aromatic rings. The summed E-state index contributed by atoms with van der Waals surface area (Å²) in [5, 5.41) is 2.46. The van der Waals surface area contributed by atoms with E-state index in [1.165, 1.54) is 18.3 Å². The van der Waals surface area contributed by atoms with Gasteiger partial charge < -0.3 is 11.1 Å². The fourth-order valence-corrected chi connectivity index (χ4v) is 1.55. The molecule has 7 nitrogen and oxygen atoms in total. The lowest BCUT2D eigenvalue weighted by Crippen LogP contribution is -2.32. The van der Waals surface area contributed by atoms with Crippen LogP contribution in [0.25, 0.3) is 0 Å². The Bertz CT molecular complexity index is 766. The van der Waals surface area contributed by atoms with Crippen molar-refractivity contribution in [1.82, 2.24) is 9.55 Å². The number of nitrogens with one attached hydrogen (secondary N) is 2. The summed E-state index contributed by atoms with van der Waals surface area (Å²) in [7, 11) is 0. The van der Waals surface area contributed by atoms with E-state index in [2.05, 4.69) is 5.32 Å². The summed E-state index contributed by atoms with van der Waals surface area (Å²) in [4.78, 5) is 36.0. The van der Waals surface area contributed by atoms with E-state index in [0.29, 0.717) is 5.69 Å². The Kier molecular flexibility index (Phi) is 3.65. The Morgan fingerprint density at radius 3 is 2.75 bits per heavy atom. The molecule has 0 bridgehead atoms. The number of nitrogens with two attached hydrogens (primary N) is 1. The van der Waals surface area contributed by atoms with Gasteiger partial charge in [-0.3, -0.25) is 19.1 Å². The van der Waals surface area contributed by atoms with Crippen LogP contribution >= 0.6 is 0 Å². The third-order valence-electron chi connectivity index (χ3n) is 2.49. The number of halogens is 1. The summed E-state index contributed by atoms with van der Waals surface area (Å²) >= 11 is 0. The number of rotatable bonds is 3. The van der Waals surface area contributed by atoms with Crippen LogP contribution in [-0.4, -0.2) is 15.5 Å². The van der Waals surface area contributed by atoms with E-state index < -0.39 is 23.0 Å². The average Bonchev–Trinajstić information content (AvgIpc) is 2.37. The van der Waals surface area contributed by atoms with Crippen molar-refractivity contribution in [2.45, 2.75) is 6.54 Å². The highest BCUT2D eigenvalue weighted by molar-refractivity contribution is 5.91. The number of nitrogens with zero attached hydrogens (tertiary/aromatic N) is 1. The third kappa shape index (κ3) is 3.10. The number of aromatic amines is 1. The van der Waals surface area contributed by atoms with Gasteiger partial charge in [-0.25, -0.2) is 9.18 Å².